The minimum Gasteiger partial charge on any atom is -0.323 e. The molecule has 2 aliphatic carbocycles. The van der Waals surface area contributed by atoms with Crippen LogP contribution in [-0.2, 0) is 0 Å². The molecule has 0 aromatic heterocycles. The zero-order chi connectivity index (χ0) is 32.3. The highest BCUT2D eigenvalue weighted by Gasteiger charge is 2.26. The standard InChI is InChI=1S/C46H36N2/c1-34-33-41(48(39-21-6-3-7-22-39)45-25-13-10-17-35-15-8-11-23-43(35)45)31-32-42(34)37-27-29-40(30-28-37)47(38-19-4-2-5-20-38)46-26-14-18-36-16-9-12-24-44(36)46/h2-7,9-12,14,16-24,26-33,45H,8,15H2,1H3. The molecule has 0 N–H and O–H groups in total. The van der Waals surface area contributed by atoms with Gasteiger partial charge in [0.05, 0.1) is 5.69 Å². The van der Waals surface area contributed by atoms with Gasteiger partial charge in [-0.1, -0.05) is 121 Å². The van der Waals surface area contributed by atoms with E-state index in [1.165, 1.54) is 38.6 Å². The van der Waals surface area contributed by atoms with E-state index in [-0.39, 0.29) is 6.04 Å². The molecule has 8 rings (SSSR count). The van der Waals surface area contributed by atoms with Crippen LogP contribution in [0.3, 0.4) is 0 Å². The Kier molecular flexibility index (Phi) is 7.95. The van der Waals surface area contributed by atoms with E-state index < -0.39 is 0 Å². The van der Waals surface area contributed by atoms with E-state index in [2.05, 4.69) is 192 Å². The fraction of sp³-hybridized carbons (Fsp3) is 0.0870. The number of nitrogens with zero attached hydrogens (tertiary/aromatic N) is 2. The molecule has 6 aromatic carbocycles. The SMILES string of the molecule is Cc1cc(N(c2ccccc2)C2C#CC=CC3=C2C=CCC3)ccc1-c1ccc(N(c2ccccc2)c2cccc3ccccc23)cc1. The summed E-state index contributed by atoms with van der Waals surface area (Å²) in [6.45, 7) is 2.22. The normalized spacial score (nSPS) is 15.0. The molecule has 0 aliphatic heterocycles. The molecule has 1 atom stereocenters. The number of hydrogen-bond donors (Lipinski definition) is 0. The van der Waals surface area contributed by atoms with Gasteiger partial charge >= 0.3 is 0 Å². The smallest absolute Gasteiger partial charge is 0.121 e. The summed E-state index contributed by atoms with van der Waals surface area (Å²) in [5.41, 5.74) is 12.0. The van der Waals surface area contributed by atoms with Crippen molar-refractivity contribution in [1.29, 1.82) is 0 Å². The van der Waals surface area contributed by atoms with E-state index in [0.29, 0.717) is 0 Å². The molecule has 0 saturated carbocycles. The summed E-state index contributed by atoms with van der Waals surface area (Å²) in [6, 6.07) is 52.2. The Morgan fingerprint density at radius 2 is 1.31 bits per heavy atom. The van der Waals surface area contributed by atoms with Crippen LogP contribution in [0.1, 0.15) is 18.4 Å². The van der Waals surface area contributed by atoms with Gasteiger partial charge in [-0.15, -0.1) is 0 Å². The number of para-hydroxylation sites is 2. The Bertz CT molecular complexity index is 2240. The van der Waals surface area contributed by atoms with Crippen molar-refractivity contribution in [2.45, 2.75) is 25.8 Å². The van der Waals surface area contributed by atoms with Crippen LogP contribution in [0, 0.1) is 18.8 Å². The van der Waals surface area contributed by atoms with Crippen molar-refractivity contribution in [2.75, 3.05) is 9.80 Å². The third-order valence-corrected chi connectivity index (χ3v) is 9.37. The van der Waals surface area contributed by atoms with E-state index in [1.807, 2.05) is 6.08 Å². The molecule has 2 nitrogen and oxygen atoms in total. The molecule has 6 aromatic rings. The number of allylic oxidation sites excluding steroid dienone is 4. The van der Waals surface area contributed by atoms with Gasteiger partial charge in [-0.3, -0.25) is 0 Å². The second-order valence-corrected chi connectivity index (χ2v) is 12.4. The van der Waals surface area contributed by atoms with E-state index in [9.17, 15) is 0 Å². The lowest BCUT2D eigenvalue weighted by atomic mass is 9.91. The Hall–Kier alpha value is -6.04. The average Bonchev–Trinajstić information content (AvgIpc) is 3.36. The maximum atomic E-state index is 3.57. The number of anilines is 5. The Labute approximate surface area is 283 Å². The van der Waals surface area contributed by atoms with Gasteiger partial charge < -0.3 is 9.80 Å². The Balaban J connectivity index is 1.17. The average molecular weight is 617 g/mol. The second kappa shape index (κ2) is 13.0. The number of fused-ring (bicyclic) bond motifs is 1. The molecule has 0 heterocycles. The van der Waals surface area contributed by atoms with Crippen LogP contribution in [0.25, 0.3) is 21.9 Å². The lowest BCUT2D eigenvalue weighted by molar-refractivity contribution is 0.878. The summed E-state index contributed by atoms with van der Waals surface area (Å²) in [7, 11) is 0. The minimum absolute atomic E-state index is 0.0727. The predicted octanol–water partition coefficient (Wildman–Crippen LogP) is 12.0. The monoisotopic (exact) mass is 616 g/mol. The molecule has 48 heavy (non-hydrogen) atoms. The van der Waals surface area contributed by atoms with Gasteiger partial charge in [0.2, 0.25) is 0 Å². The molecule has 2 heteroatoms. The van der Waals surface area contributed by atoms with E-state index in [1.54, 1.807) is 0 Å². The van der Waals surface area contributed by atoms with Crippen molar-refractivity contribution < 1.29 is 0 Å². The van der Waals surface area contributed by atoms with Crippen molar-refractivity contribution in [2.24, 2.45) is 0 Å². The van der Waals surface area contributed by atoms with E-state index >= 15 is 0 Å². The highest BCUT2D eigenvalue weighted by Crippen LogP contribution is 2.41. The molecule has 0 radical (unpaired) electrons. The molecule has 0 bridgehead atoms. The summed E-state index contributed by atoms with van der Waals surface area (Å²) in [6.07, 6.45) is 10.9. The first-order valence-electron chi connectivity index (χ1n) is 16.7. The third-order valence-electron chi connectivity index (χ3n) is 9.37. The Morgan fingerprint density at radius 3 is 2.10 bits per heavy atom. The summed E-state index contributed by atoms with van der Waals surface area (Å²) >= 11 is 0. The molecule has 2 aliphatic rings. The topological polar surface area (TPSA) is 6.48 Å². The highest BCUT2D eigenvalue weighted by molar-refractivity contribution is 5.99. The van der Waals surface area contributed by atoms with Gasteiger partial charge in [0.15, 0.2) is 0 Å². The van der Waals surface area contributed by atoms with Crippen LogP contribution in [0.5, 0.6) is 0 Å². The minimum atomic E-state index is -0.0727. The van der Waals surface area contributed by atoms with Crippen molar-refractivity contribution in [3.63, 3.8) is 0 Å². The largest absolute Gasteiger partial charge is 0.323 e. The van der Waals surface area contributed by atoms with Crippen LogP contribution in [0.4, 0.5) is 28.4 Å². The molecule has 0 fully saturated rings. The summed E-state index contributed by atoms with van der Waals surface area (Å²) in [5, 5.41) is 2.45. The highest BCUT2D eigenvalue weighted by atomic mass is 15.2. The fourth-order valence-corrected chi connectivity index (χ4v) is 7.05. The van der Waals surface area contributed by atoms with Crippen LogP contribution < -0.4 is 9.80 Å². The first kappa shape index (κ1) is 29.4. The van der Waals surface area contributed by atoms with Gasteiger partial charge in [-0.2, -0.15) is 0 Å². The fourth-order valence-electron chi connectivity index (χ4n) is 7.05. The summed E-state index contributed by atoms with van der Waals surface area (Å²) in [5.74, 6) is 6.90. The van der Waals surface area contributed by atoms with Crippen molar-refractivity contribution >= 4 is 39.2 Å². The summed E-state index contributed by atoms with van der Waals surface area (Å²) < 4.78 is 0. The molecule has 0 saturated heterocycles. The van der Waals surface area contributed by atoms with Crippen molar-refractivity contribution in [3.8, 4) is 23.0 Å². The van der Waals surface area contributed by atoms with Crippen molar-refractivity contribution in [1.82, 2.24) is 0 Å². The lowest BCUT2D eigenvalue weighted by Crippen LogP contribution is -2.32. The molecule has 230 valence electrons. The van der Waals surface area contributed by atoms with Gasteiger partial charge in [-0.25, -0.2) is 0 Å². The first-order chi connectivity index (χ1) is 23.7. The zero-order valence-electron chi connectivity index (χ0n) is 27.1. The molecule has 0 spiro atoms. The lowest BCUT2D eigenvalue weighted by Gasteiger charge is -2.33. The third kappa shape index (κ3) is 5.61. The predicted molar refractivity (Wildman–Crippen MR) is 203 cm³/mol. The zero-order valence-corrected chi connectivity index (χ0v) is 27.1. The second-order valence-electron chi connectivity index (χ2n) is 12.4. The van der Waals surface area contributed by atoms with Crippen LogP contribution in [0.15, 0.2) is 181 Å². The molecule has 1 unspecified atom stereocenters. The molecular formula is C46H36N2. The summed E-state index contributed by atoms with van der Waals surface area (Å²) in [4.78, 5) is 4.75. The van der Waals surface area contributed by atoms with Crippen LogP contribution in [-0.4, -0.2) is 6.04 Å². The quantitative estimate of drug-likeness (QED) is 0.165. The van der Waals surface area contributed by atoms with Gasteiger partial charge in [0, 0.05) is 28.1 Å². The Morgan fingerprint density at radius 1 is 0.625 bits per heavy atom. The van der Waals surface area contributed by atoms with E-state index in [0.717, 1.165) is 41.3 Å². The van der Waals surface area contributed by atoms with Gasteiger partial charge in [0.25, 0.3) is 0 Å². The first-order valence-corrected chi connectivity index (χ1v) is 16.7. The van der Waals surface area contributed by atoms with E-state index in [4.69, 9.17) is 0 Å². The van der Waals surface area contributed by atoms with Crippen molar-refractivity contribution in [3.05, 3.63) is 187 Å². The molecule has 0 amide bonds. The number of rotatable bonds is 7. The van der Waals surface area contributed by atoms with Crippen LogP contribution in [0.2, 0.25) is 0 Å². The van der Waals surface area contributed by atoms with Gasteiger partial charge in [0.1, 0.15) is 6.04 Å². The van der Waals surface area contributed by atoms with Gasteiger partial charge in [-0.05, 0) is 114 Å². The molecular weight excluding hydrogens is 581 g/mol. The number of hydrogen-bond acceptors (Lipinski definition) is 2. The van der Waals surface area contributed by atoms with Crippen LogP contribution >= 0.6 is 0 Å². The maximum absolute atomic E-state index is 3.57. The number of benzene rings is 6. The maximum Gasteiger partial charge on any atom is 0.121 e. The number of aryl methyl sites for hydroxylation is 1.